The molecule has 0 aliphatic rings. The Kier molecular flexibility index (Phi) is 5.95. The van der Waals surface area contributed by atoms with E-state index in [4.69, 9.17) is 39.2 Å². The highest BCUT2D eigenvalue weighted by atomic mass is 79.9. The summed E-state index contributed by atoms with van der Waals surface area (Å²) in [5.41, 5.74) is 0.625. The summed E-state index contributed by atoms with van der Waals surface area (Å²) in [6, 6.07) is 14.5. The van der Waals surface area contributed by atoms with E-state index in [2.05, 4.69) is 20.9 Å². The first-order valence-electron chi connectivity index (χ1n) is 6.73. The number of aliphatic imine (C=N–C) groups is 1. The van der Waals surface area contributed by atoms with Gasteiger partial charge in [0.1, 0.15) is 5.76 Å². The molecule has 0 bridgehead atoms. The van der Waals surface area contributed by atoms with Crippen molar-refractivity contribution >= 4 is 74.4 Å². The zero-order valence-corrected chi connectivity index (χ0v) is 16.6. The highest BCUT2D eigenvalue weighted by Gasteiger charge is 2.10. The molecule has 0 saturated carbocycles. The van der Waals surface area contributed by atoms with Gasteiger partial charge in [0.05, 0.1) is 21.4 Å². The second-order valence-corrected chi connectivity index (χ2v) is 7.87. The Balaban J connectivity index is 1.78. The van der Waals surface area contributed by atoms with Gasteiger partial charge in [-0.05, 0) is 58.4 Å². The third kappa shape index (κ3) is 4.58. The van der Waals surface area contributed by atoms with Crippen molar-refractivity contribution < 1.29 is 4.42 Å². The third-order valence-electron chi connectivity index (χ3n) is 2.94. The molecule has 0 saturated heterocycles. The van der Waals surface area contributed by atoms with E-state index in [1.807, 2.05) is 30.3 Å². The van der Waals surface area contributed by atoms with Gasteiger partial charge in [-0.25, -0.2) is 0 Å². The Morgan fingerprint density at radius 2 is 1.67 bits per heavy atom. The van der Waals surface area contributed by atoms with Gasteiger partial charge < -0.3 is 4.42 Å². The molecule has 1 aromatic heterocycles. The predicted octanol–water partition coefficient (Wildman–Crippen LogP) is 7.90. The van der Waals surface area contributed by atoms with Crippen molar-refractivity contribution in [2.24, 2.45) is 4.99 Å². The van der Waals surface area contributed by atoms with E-state index in [0.717, 1.165) is 14.5 Å². The first kappa shape index (κ1) is 17.9. The first-order valence-corrected chi connectivity index (χ1v) is 9.47. The van der Waals surface area contributed by atoms with Crippen molar-refractivity contribution in [3.05, 3.63) is 73.8 Å². The maximum atomic E-state index is 6.10. The van der Waals surface area contributed by atoms with Crippen LogP contribution in [0.4, 0.5) is 5.69 Å². The molecule has 24 heavy (non-hydrogen) atoms. The molecule has 3 rings (SSSR count). The minimum absolute atomic E-state index is 0.486. The minimum Gasteiger partial charge on any atom is -0.447 e. The number of rotatable bonds is 4. The van der Waals surface area contributed by atoms with Gasteiger partial charge in [-0.15, -0.1) is 0 Å². The molecular formula is C17H9BrCl3NOS. The Bertz CT molecular complexity index is 893. The van der Waals surface area contributed by atoms with Crippen molar-refractivity contribution in [3.8, 4) is 0 Å². The van der Waals surface area contributed by atoms with Gasteiger partial charge in [0.2, 0.25) is 0 Å². The van der Waals surface area contributed by atoms with E-state index in [1.54, 1.807) is 24.4 Å². The van der Waals surface area contributed by atoms with Crippen LogP contribution in [0.1, 0.15) is 5.76 Å². The van der Waals surface area contributed by atoms with E-state index in [-0.39, 0.29) is 0 Å². The zero-order valence-electron chi connectivity index (χ0n) is 12.0. The van der Waals surface area contributed by atoms with E-state index in [9.17, 15) is 0 Å². The largest absolute Gasteiger partial charge is 0.447 e. The van der Waals surface area contributed by atoms with Gasteiger partial charge in [0.25, 0.3) is 0 Å². The molecule has 122 valence electrons. The van der Waals surface area contributed by atoms with Crippen LogP contribution in [0, 0.1) is 0 Å². The van der Waals surface area contributed by atoms with Gasteiger partial charge in [0, 0.05) is 21.0 Å². The van der Waals surface area contributed by atoms with Crippen LogP contribution in [0.2, 0.25) is 15.1 Å². The Morgan fingerprint density at radius 3 is 2.38 bits per heavy atom. The fourth-order valence-electron chi connectivity index (χ4n) is 1.83. The number of hydrogen-bond acceptors (Lipinski definition) is 3. The number of benzene rings is 2. The summed E-state index contributed by atoms with van der Waals surface area (Å²) in [6.45, 7) is 0. The van der Waals surface area contributed by atoms with Gasteiger partial charge >= 0.3 is 0 Å². The van der Waals surface area contributed by atoms with Crippen molar-refractivity contribution in [2.75, 3.05) is 0 Å². The first-order chi connectivity index (χ1) is 11.5. The fourth-order valence-corrected chi connectivity index (χ4v) is 3.74. The van der Waals surface area contributed by atoms with Crippen LogP contribution in [0.15, 0.2) is 72.4 Å². The smallest absolute Gasteiger partial charge is 0.179 e. The Morgan fingerprint density at radius 1 is 0.958 bits per heavy atom. The second-order valence-electron chi connectivity index (χ2n) is 4.69. The fraction of sp³-hybridized carbons (Fsp3) is 0. The Hall–Kier alpha value is -0.910. The average molecular weight is 462 g/mol. The zero-order chi connectivity index (χ0) is 17.1. The lowest BCUT2D eigenvalue weighted by Crippen LogP contribution is -1.75. The van der Waals surface area contributed by atoms with Crippen molar-refractivity contribution in [3.63, 3.8) is 0 Å². The van der Waals surface area contributed by atoms with Crippen LogP contribution < -0.4 is 0 Å². The lowest BCUT2D eigenvalue weighted by molar-refractivity contribution is 0.466. The van der Waals surface area contributed by atoms with Crippen LogP contribution >= 0.6 is 62.5 Å². The highest BCUT2D eigenvalue weighted by Crippen LogP contribution is 2.36. The molecule has 7 heteroatoms. The number of hydrogen-bond donors (Lipinski definition) is 0. The lowest BCUT2D eigenvalue weighted by atomic mass is 10.3. The molecule has 0 radical (unpaired) electrons. The monoisotopic (exact) mass is 459 g/mol. The minimum atomic E-state index is 0.486. The molecule has 0 spiro atoms. The topological polar surface area (TPSA) is 25.5 Å². The summed E-state index contributed by atoms with van der Waals surface area (Å²) in [6.07, 6.45) is 1.62. The SMILES string of the molecule is Clc1ccc(Sc2oc(C=Nc3ccc(Cl)cc3Cl)cc2Br)cc1. The van der Waals surface area contributed by atoms with Crippen molar-refractivity contribution in [1.29, 1.82) is 0 Å². The summed E-state index contributed by atoms with van der Waals surface area (Å²) in [4.78, 5) is 5.36. The summed E-state index contributed by atoms with van der Waals surface area (Å²) in [5, 5.41) is 2.49. The maximum absolute atomic E-state index is 6.10. The molecule has 0 atom stereocenters. The van der Waals surface area contributed by atoms with Gasteiger partial charge in [-0.1, -0.05) is 46.6 Å². The normalized spacial score (nSPS) is 11.3. The van der Waals surface area contributed by atoms with Crippen molar-refractivity contribution in [1.82, 2.24) is 0 Å². The van der Waals surface area contributed by atoms with Crippen LogP contribution in [0.3, 0.4) is 0 Å². The Labute approximate surface area is 167 Å². The van der Waals surface area contributed by atoms with Gasteiger partial charge in [-0.3, -0.25) is 4.99 Å². The van der Waals surface area contributed by atoms with Crippen LogP contribution in [-0.4, -0.2) is 6.21 Å². The second kappa shape index (κ2) is 7.98. The highest BCUT2D eigenvalue weighted by molar-refractivity contribution is 9.10. The molecule has 0 N–H and O–H groups in total. The summed E-state index contributed by atoms with van der Waals surface area (Å²) < 4.78 is 6.65. The van der Waals surface area contributed by atoms with E-state index >= 15 is 0 Å². The van der Waals surface area contributed by atoms with E-state index in [0.29, 0.717) is 26.5 Å². The number of halogens is 4. The predicted molar refractivity (Wildman–Crippen MR) is 106 cm³/mol. The summed E-state index contributed by atoms with van der Waals surface area (Å²) >= 11 is 22.9. The van der Waals surface area contributed by atoms with Gasteiger partial charge in [0.15, 0.2) is 5.09 Å². The van der Waals surface area contributed by atoms with Gasteiger partial charge in [-0.2, -0.15) is 0 Å². The van der Waals surface area contributed by atoms with E-state index in [1.165, 1.54) is 11.8 Å². The summed E-state index contributed by atoms with van der Waals surface area (Å²) in [7, 11) is 0. The molecule has 0 fully saturated rings. The quantitative estimate of drug-likeness (QED) is 0.369. The summed E-state index contributed by atoms with van der Waals surface area (Å²) in [5.74, 6) is 0.615. The third-order valence-corrected chi connectivity index (χ3v) is 5.58. The average Bonchev–Trinajstić information content (AvgIpc) is 2.89. The molecule has 3 aromatic rings. The lowest BCUT2D eigenvalue weighted by Gasteiger charge is -1.99. The molecule has 0 unspecified atom stereocenters. The molecule has 0 aliphatic carbocycles. The number of nitrogens with zero attached hydrogens (tertiary/aromatic N) is 1. The van der Waals surface area contributed by atoms with Crippen LogP contribution in [0.25, 0.3) is 0 Å². The van der Waals surface area contributed by atoms with Crippen LogP contribution in [0.5, 0.6) is 0 Å². The number of furan rings is 1. The standard InChI is InChI=1S/C17H9BrCl3NOS/c18-14-8-12(9-22-16-6-3-11(20)7-15(16)21)23-17(14)24-13-4-1-10(19)2-5-13/h1-9H. The molecule has 2 aromatic carbocycles. The molecule has 1 heterocycles. The van der Waals surface area contributed by atoms with Crippen molar-refractivity contribution in [2.45, 2.75) is 9.99 Å². The maximum Gasteiger partial charge on any atom is 0.179 e. The van der Waals surface area contributed by atoms with Crippen LogP contribution in [-0.2, 0) is 0 Å². The molecule has 0 amide bonds. The van der Waals surface area contributed by atoms with E-state index < -0.39 is 0 Å². The molecular weight excluding hydrogens is 453 g/mol. The molecule has 0 aliphatic heterocycles. The molecule has 2 nitrogen and oxygen atoms in total.